The van der Waals surface area contributed by atoms with Crippen LogP contribution in [0.1, 0.15) is 44.6 Å². The van der Waals surface area contributed by atoms with E-state index in [0.717, 1.165) is 0 Å². The molecule has 0 atom stereocenters. The van der Waals surface area contributed by atoms with Crippen LogP contribution in [0, 0.1) is 0 Å². The topological polar surface area (TPSA) is 12.9 Å². The fourth-order valence-corrected chi connectivity index (χ4v) is 1.52. The first-order valence-electron chi connectivity index (χ1n) is 5.24. The summed E-state index contributed by atoms with van der Waals surface area (Å²) in [6, 6.07) is 3.20. The van der Waals surface area contributed by atoms with Crippen LogP contribution >= 0.6 is 0 Å². The Balaban J connectivity index is 3.40. The second kappa shape index (κ2) is 4.07. The molecule has 0 spiro atoms. The van der Waals surface area contributed by atoms with Crippen LogP contribution in [0.25, 0.3) is 0 Å². The third kappa shape index (κ3) is 2.74. The predicted molar refractivity (Wildman–Crippen MR) is 57.3 cm³/mol. The number of hydrogen-bond donors (Lipinski definition) is 0. The number of halogens is 3. The van der Waals surface area contributed by atoms with E-state index in [0.29, 0.717) is 12.1 Å². The average Bonchev–Trinajstić information content (AvgIpc) is 2.14. The maximum absolute atomic E-state index is 12.8. The zero-order valence-electron chi connectivity index (χ0n) is 9.94. The first-order valence-corrected chi connectivity index (χ1v) is 5.24. The zero-order valence-corrected chi connectivity index (χ0v) is 9.94. The summed E-state index contributed by atoms with van der Waals surface area (Å²) < 4.78 is 38.5. The van der Waals surface area contributed by atoms with Crippen molar-refractivity contribution in [2.75, 3.05) is 0 Å². The van der Waals surface area contributed by atoms with Crippen LogP contribution < -0.4 is 0 Å². The van der Waals surface area contributed by atoms with E-state index >= 15 is 0 Å². The van der Waals surface area contributed by atoms with Crippen molar-refractivity contribution in [2.45, 2.75) is 45.7 Å². The van der Waals surface area contributed by atoms with Gasteiger partial charge in [-0.2, -0.15) is 13.2 Å². The van der Waals surface area contributed by atoms with Crippen LogP contribution in [-0.2, 0) is 18.0 Å². The normalized spacial score (nSPS) is 12.9. The van der Waals surface area contributed by atoms with Gasteiger partial charge in [0.25, 0.3) is 0 Å². The van der Waals surface area contributed by atoms with Crippen molar-refractivity contribution in [1.29, 1.82) is 0 Å². The van der Waals surface area contributed by atoms with E-state index in [4.69, 9.17) is 0 Å². The standard InChI is InChI=1S/C12H16F3N/c1-5-8-6-7-9(11(2,3)4)10(16-8)12(13,14)15/h6-7H,5H2,1-4H3. The summed E-state index contributed by atoms with van der Waals surface area (Å²) in [7, 11) is 0. The van der Waals surface area contributed by atoms with E-state index in [9.17, 15) is 13.2 Å². The fraction of sp³-hybridized carbons (Fsp3) is 0.583. The molecule has 1 heterocycles. The lowest BCUT2D eigenvalue weighted by Crippen LogP contribution is -2.21. The Hall–Kier alpha value is -1.06. The minimum absolute atomic E-state index is 0.247. The Morgan fingerprint density at radius 3 is 2.06 bits per heavy atom. The second-order valence-corrected chi connectivity index (χ2v) is 4.80. The molecule has 0 radical (unpaired) electrons. The molecule has 0 aliphatic heterocycles. The van der Waals surface area contributed by atoms with Gasteiger partial charge < -0.3 is 0 Å². The van der Waals surface area contributed by atoms with Gasteiger partial charge in [0.15, 0.2) is 0 Å². The molecular weight excluding hydrogens is 215 g/mol. The molecule has 0 aromatic carbocycles. The summed E-state index contributed by atoms with van der Waals surface area (Å²) >= 11 is 0. The molecule has 1 aromatic rings. The van der Waals surface area contributed by atoms with Gasteiger partial charge >= 0.3 is 6.18 Å². The first-order chi connectivity index (χ1) is 7.16. The first kappa shape index (κ1) is 13.0. The summed E-state index contributed by atoms with van der Waals surface area (Å²) in [5.74, 6) is 0. The molecule has 0 aliphatic carbocycles. The van der Waals surface area contributed by atoms with Gasteiger partial charge in [0.2, 0.25) is 0 Å². The monoisotopic (exact) mass is 231 g/mol. The Morgan fingerprint density at radius 2 is 1.69 bits per heavy atom. The highest BCUT2D eigenvalue weighted by molar-refractivity contribution is 5.31. The van der Waals surface area contributed by atoms with Crippen molar-refractivity contribution in [3.05, 3.63) is 29.1 Å². The Labute approximate surface area is 93.7 Å². The van der Waals surface area contributed by atoms with Gasteiger partial charge in [-0.15, -0.1) is 0 Å². The van der Waals surface area contributed by atoms with E-state index in [1.807, 2.05) is 0 Å². The lowest BCUT2D eigenvalue weighted by molar-refractivity contribution is -0.142. The summed E-state index contributed by atoms with van der Waals surface area (Å²) in [6.45, 7) is 7.06. The van der Waals surface area contributed by atoms with Crippen molar-refractivity contribution in [3.8, 4) is 0 Å². The van der Waals surface area contributed by atoms with Crippen LogP contribution in [0.2, 0.25) is 0 Å². The van der Waals surface area contributed by atoms with Crippen molar-refractivity contribution in [1.82, 2.24) is 4.98 Å². The molecular formula is C12H16F3N. The number of alkyl halides is 3. The van der Waals surface area contributed by atoms with E-state index in [1.165, 1.54) is 6.07 Å². The van der Waals surface area contributed by atoms with Gasteiger partial charge in [-0.1, -0.05) is 33.8 Å². The van der Waals surface area contributed by atoms with Gasteiger partial charge in [-0.05, 0) is 23.5 Å². The lowest BCUT2D eigenvalue weighted by Gasteiger charge is -2.23. The molecule has 0 saturated heterocycles. The SMILES string of the molecule is CCc1ccc(C(C)(C)C)c(C(F)(F)F)n1. The molecule has 1 nitrogen and oxygen atoms in total. The molecule has 0 saturated carbocycles. The maximum Gasteiger partial charge on any atom is 0.433 e. The number of rotatable bonds is 1. The molecule has 0 unspecified atom stereocenters. The Morgan fingerprint density at radius 1 is 1.12 bits per heavy atom. The second-order valence-electron chi connectivity index (χ2n) is 4.80. The Bertz CT molecular complexity index is 375. The van der Waals surface area contributed by atoms with Crippen LogP contribution in [-0.4, -0.2) is 4.98 Å². The van der Waals surface area contributed by atoms with Gasteiger partial charge in [0.1, 0.15) is 5.69 Å². The molecule has 1 rings (SSSR count). The van der Waals surface area contributed by atoms with Crippen LogP contribution in [0.3, 0.4) is 0 Å². The van der Waals surface area contributed by atoms with Crippen molar-refractivity contribution in [3.63, 3.8) is 0 Å². The molecule has 0 N–H and O–H groups in total. The number of aromatic nitrogens is 1. The average molecular weight is 231 g/mol. The molecule has 0 aliphatic rings. The van der Waals surface area contributed by atoms with E-state index < -0.39 is 17.3 Å². The van der Waals surface area contributed by atoms with E-state index in [-0.39, 0.29) is 5.56 Å². The third-order valence-corrected chi connectivity index (χ3v) is 2.39. The van der Waals surface area contributed by atoms with Gasteiger partial charge in [-0.25, -0.2) is 4.98 Å². The van der Waals surface area contributed by atoms with Crippen molar-refractivity contribution >= 4 is 0 Å². The zero-order chi connectivity index (χ0) is 12.6. The molecule has 0 amide bonds. The van der Waals surface area contributed by atoms with E-state index in [2.05, 4.69) is 4.98 Å². The van der Waals surface area contributed by atoms with Crippen molar-refractivity contribution < 1.29 is 13.2 Å². The Kier molecular flexibility index (Phi) is 3.31. The highest BCUT2D eigenvalue weighted by Crippen LogP contribution is 2.36. The molecule has 0 bridgehead atoms. The van der Waals surface area contributed by atoms with Gasteiger partial charge in [0, 0.05) is 5.69 Å². The van der Waals surface area contributed by atoms with Crippen LogP contribution in [0.4, 0.5) is 13.2 Å². The summed E-state index contributed by atoms with van der Waals surface area (Å²) in [6.07, 6.45) is -3.87. The highest BCUT2D eigenvalue weighted by atomic mass is 19.4. The quantitative estimate of drug-likeness (QED) is 0.712. The fourth-order valence-electron chi connectivity index (χ4n) is 1.52. The molecule has 90 valence electrons. The molecule has 0 fully saturated rings. The molecule has 1 aromatic heterocycles. The van der Waals surface area contributed by atoms with Crippen LogP contribution in [0.5, 0.6) is 0 Å². The predicted octanol–water partition coefficient (Wildman–Crippen LogP) is 3.96. The lowest BCUT2D eigenvalue weighted by atomic mass is 9.85. The summed E-state index contributed by atoms with van der Waals surface area (Å²) in [5, 5.41) is 0. The minimum atomic E-state index is -4.38. The highest BCUT2D eigenvalue weighted by Gasteiger charge is 2.38. The number of nitrogens with zero attached hydrogens (tertiary/aromatic N) is 1. The molecule has 16 heavy (non-hydrogen) atoms. The summed E-state index contributed by atoms with van der Waals surface area (Å²) in [4.78, 5) is 3.70. The molecule has 4 heteroatoms. The largest absolute Gasteiger partial charge is 0.433 e. The van der Waals surface area contributed by atoms with E-state index in [1.54, 1.807) is 33.8 Å². The third-order valence-electron chi connectivity index (χ3n) is 2.39. The van der Waals surface area contributed by atoms with Crippen molar-refractivity contribution in [2.24, 2.45) is 0 Å². The summed E-state index contributed by atoms with van der Waals surface area (Å²) in [5.41, 5.74) is -0.582. The van der Waals surface area contributed by atoms with Gasteiger partial charge in [-0.3, -0.25) is 0 Å². The minimum Gasteiger partial charge on any atom is -0.248 e. The number of aryl methyl sites for hydroxylation is 1. The number of pyridine rings is 1. The number of hydrogen-bond acceptors (Lipinski definition) is 1. The maximum atomic E-state index is 12.8. The van der Waals surface area contributed by atoms with Crippen LogP contribution in [0.15, 0.2) is 12.1 Å². The smallest absolute Gasteiger partial charge is 0.248 e. The van der Waals surface area contributed by atoms with Gasteiger partial charge in [0.05, 0.1) is 0 Å².